The highest BCUT2D eigenvalue weighted by Crippen LogP contribution is 2.14. The summed E-state index contributed by atoms with van der Waals surface area (Å²) in [4.78, 5) is 6.16. The van der Waals surface area contributed by atoms with Gasteiger partial charge in [0.15, 0.2) is 5.96 Å². The second-order valence-corrected chi connectivity index (χ2v) is 7.19. The van der Waals surface area contributed by atoms with Crippen LogP contribution in [0, 0.1) is 5.92 Å². The minimum atomic E-state index is 0.550. The smallest absolute Gasteiger partial charge is 0.191 e. The summed E-state index contributed by atoms with van der Waals surface area (Å²) in [6, 6.07) is 4.32. The molecule has 0 bridgehead atoms. The Labute approximate surface area is 149 Å². The van der Waals surface area contributed by atoms with Crippen LogP contribution in [0.3, 0.4) is 0 Å². The van der Waals surface area contributed by atoms with Gasteiger partial charge in [-0.1, -0.05) is 13.0 Å². The summed E-state index contributed by atoms with van der Waals surface area (Å²) in [6.45, 7) is 7.00. The van der Waals surface area contributed by atoms with E-state index in [1.54, 1.807) is 0 Å². The lowest BCUT2D eigenvalue weighted by molar-refractivity contribution is 0.594. The molecule has 2 N–H and O–H groups in total. The van der Waals surface area contributed by atoms with E-state index in [1.165, 1.54) is 10.4 Å². The van der Waals surface area contributed by atoms with Crippen LogP contribution in [0.15, 0.2) is 34.9 Å². The molecule has 0 aromatic carbocycles. The molecule has 2 rings (SSSR count). The van der Waals surface area contributed by atoms with Gasteiger partial charge in [0.25, 0.3) is 0 Å². The van der Waals surface area contributed by atoms with Gasteiger partial charge in [-0.25, -0.2) is 0 Å². The molecule has 0 amide bonds. The first kappa shape index (κ1) is 18.5. The van der Waals surface area contributed by atoms with Gasteiger partial charge in [-0.2, -0.15) is 5.10 Å². The Hall–Kier alpha value is -1.82. The van der Waals surface area contributed by atoms with Crippen LogP contribution < -0.4 is 10.6 Å². The number of hydrogen-bond acceptors (Lipinski definition) is 3. The minimum Gasteiger partial charge on any atom is -0.357 e. The van der Waals surface area contributed by atoms with Gasteiger partial charge < -0.3 is 10.6 Å². The van der Waals surface area contributed by atoms with E-state index in [2.05, 4.69) is 53.3 Å². The van der Waals surface area contributed by atoms with E-state index in [0.717, 1.165) is 44.9 Å². The Morgan fingerprint density at radius 3 is 2.96 bits per heavy atom. The molecule has 1 unspecified atom stereocenters. The zero-order valence-electron chi connectivity index (χ0n) is 15.0. The fourth-order valence-corrected chi connectivity index (χ4v) is 3.40. The largest absolute Gasteiger partial charge is 0.357 e. The van der Waals surface area contributed by atoms with Crippen LogP contribution in [0.4, 0.5) is 0 Å². The molecule has 0 spiro atoms. The van der Waals surface area contributed by atoms with Crippen molar-refractivity contribution in [1.82, 2.24) is 20.4 Å². The number of nitrogens with one attached hydrogen (secondary N) is 2. The zero-order chi connectivity index (χ0) is 17.2. The van der Waals surface area contributed by atoms with E-state index in [9.17, 15) is 0 Å². The van der Waals surface area contributed by atoms with E-state index in [4.69, 9.17) is 4.99 Å². The number of thiophene rings is 1. The molecule has 2 aromatic rings. The van der Waals surface area contributed by atoms with Crippen molar-refractivity contribution in [3.8, 4) is 0 Å². The van der Waals surface area contributed by atoms with Crippen LogP contribution >= 0.6 is 11.3 Å². The summed E-state index contributed by atoms with van der Waals surface area (Å²) in [5.41, 5.74) is 1.28. The molecular weight excluding hydrogens is 318 g/mol. The molecule has 0 fully saturated rings. The van der Waals surface area contributed by atoms with E-state index in [-0.39, 0.29) is 0 Å². The van der Waals surface area contributed by atoms with Crippen molar-refractivity contribution in [1.29, 1.82) is 0 Å². The van der Waals surface area contributed by atoms with Crippen molar-refractivity contribution in [3.05, 3.63) is 40.3 Å². The van der Waals surface area contributed by atoms with Crippen LogP contribution in [-0.2, 0) is 19.9 Å². The van der Waals surface area contributed by atoms with E-state index >= 15 is 0 Å². The Balaban J connectivity index is 1.71. The molecule has 0 radical (unpaired) electrons. The summed E-state index contributed by atoms with van der Waals surface area (Å²) >= 11 is 1.83. The third kappa shape index (κ3) is 6.74. The van der Waals surface area contributed by atoms with Gasteiger partial charge in [0.05, 0.1) is 6.20 Å². The first-order chi connectivity index (χ1) is 11.7. The third-order valence-corrected chi connectivity index (χ3v) is 4.63. The van der Waals surface area contributed by atoms with Crippen molar-refractivity contribution in [3.63, 3.8) is 0 Å². The van der Waals surface area contributed by atoms with Gasteiger partial charge in [-0.15, -0.1) is 11.3 Å². The first-order valence-electron chi connectivity index (χ1n) is 8.69. The molecule has 1 atom stereocenters. The molecule has 24 heavy (non-hydrogen) atoms. The second-order valence-electron chi connectivity index (χ2n) is 6.16. The molecule has 6 heteroatoms. The monoisotopic (exact) mass is 347 g/mol. The zero-order valence-corrected chi connectivity index (χ0v) is 15.8. The first-order valence-corrected chi connectivity index (χ1v) is 9.57. The van der Waals surface area contributed by atoms with Crippen molar-refractivity contribution in [2.45, 2.75) is 33.1 Å². The molecule has 5 nitrogen and oxygen atoms in total. The standard InChI is InChI=1S/C18H29N5S/c1-4-19-18(20-9-5-7-16-13-22-23(3)14-16)21-12-15(2)11-17-8-6-10-24-17/h6,8,10,13-15H,4-5,7,9,11-12H2,1-3H3,(H2,19,20,21). The summed E-state index contributed by atoms with van der Waals surface area (Å²) < 4.78 is 1.85. The Morgan fingerprint density at radius 2 is 2.29 bits per heavy atom. The lowest BCUT2D eigenvalue weighted by Crippen LogP contribution is -2.38. The molecule has 0 saturated carbocycles. The number of hydrogen-bond donors (Lipinski definition) is 2. The third-order valence-electron chi connectivity index (χ3n) is 3.73. The van der Waals surface area contributed by atoms with Crippen molar-refractivity contribution < 1.29 is 0 Å². The number of guanidine groups is 1. The highest BCUT2D eigenvalue weighted by atomic mass is 32.1. The molecular formula is C18H29N5S. The average molecular weight is 348 g/mol. The van der Waals surface area contributed by atoms with Crippen LogP contribution in [0.25, 0.3) is 0 Å². The van der Waals surface area contributed by atoms with Crippen molar-refractivity contribution in [2.24, 2.45) is 18.0 Å². The summed E-state index contributed by atoms with van der Waals surface area (Å²) in [5.74, 6) is 1.47. The number of aliphatic imine (C=N–C) groups is 1. The summed E-state index contributed by atoms with van der Waals surface area (Å²) in [6.07, 6.45) is 7.22. The van der Waals surface area contributed by atoms with Gasteiger partial charge in [-0.05, 0) is 49.1 Å². The van der Waals surface area contributed by atoms with Crippen LogP contribution in [0.1, 0.15) is 30.7 Å². The minimum absolute atomic E-state index is 0.550. The molecule has 0 aliphatic rings. The normalized spacial score (nSPS) is 13.0. The lowest BCUT2D eigenvalue weighted by atomic mass is 10.1. The molecule has 0 aliphatic carbocycles. The highest BCUT2D eigenvalue weighted by molar-refractivity contribution is 7.09. The average Bonchev–Trinajstić information content (AvgIpc) is 3.20. The topological polar surface area (TPSA) is 54.2 Å². The highest BCUT2D eigenvalue weighted by Gasteiger charge is 2.05. The quantitative estimate of drug-likeness (QED) is 0.417. The van der Waals surface area contributed by atoms with Crippen LogP contribution in [0.2, 0.25) is 0 Å². The summed E-state index contributed by atoms with van der Waals surface area (Å²) in [7, 11) is 1.95. The molecule has 0 aliphatic heterocycles. The molecule has 132 valence electrons. The van der Waals surface area contributed by atoms with Gasteiger partial charge in [0.2, 0.25) is 0 Å². The predicted molar refractivity (Wildman–Crippen MR) is 103 cm³/mol. The summed E-state index contributed by atoms with van der Waals surface area (Å²) in [5, 5.41) is 13.1. The van der Waals surface area contributed by atoms with Crippen molar-refractivity contribution >= 4 is 17.3 Å². The molecule has 2 aromatic heterocycles. The maximum Gasteiger partial charge on any atom is 0.191 e. The number of aromatic nitrogens is 2. The number of nitrogens with zero attached hydrogens (tertiary/aromatic N) is 3. The fourth-order valence-electron chi connectivity index (χ4n) is 2.53. The fraction of sp³-hybridized carbons (Fsp3) is 0.556. The van der Waals surface area contributed by atoms with Gasteiger partial charge in [-0.3, -0.25) is 9.67 Å². The van der Waals surface area contributed by atoms with Crippen molar-refractivity contribution in [2.75, 3.05) is 19.6 Å². The predicted octanol–water partition coefficient (Wildman–Crippen LogP) is 2.85. The SMILES string of the molecule is CCNC(=NCC(C)Cc1cccs1)NCCCc1cnn(C)c1. The van der Waals surface area contributed by atoms with Crippen LogP contribution in [0.5, 0.6) is 0 Å². The van der Waals surface area contributed by atoms with Gasteiger partial charge >= 0.3 is 0 Å². The van der Waals surface area contributed by atoms with E-state index in [1.807, 2.05) is 29.3 Å². The van der Waals surface area contributed by atoms with Crippen LogP contribution in [-0.4, -0.2) is 35.4 Å². The Bertz CT molecular complexity index is 603. The van der Waals surface area contributed by atoms with Gasteiger partial charge in [0, 0.05) is 37.8 Å². The maximum atomic E-state index is 4.73. The maximum absolute atomic E-state index is 4.73. The van der Waals surface area contributed by atoms with Gasteiger partial charge in [0.1, 0.15) is 0 Å². The number of aryl methyl sites for hydroxylation is 2. The Kier molecular flexibility index (Phi) is 7.82. The second kappa shape index (κ2) is 10.1. The molecule has 2 heterocycles. The van der Waals surface area contributed by atoms with E-state index in [0.29, 0.717) is 5.92 Å². The van der Waals surface area contributed by atoms with E-state index < -0.39 is 0 Å². The lowest BCUT2D eigenvalue weighted by Gasteiger charge is -2.13. The Morgan fingerprint density at radius 1 is 1.42 bits per heavy atom. The molecule has 0 saturated heterocycles. The number of rotatable bonds is 9.